The van der Waals surface area contributed by atoms with E-state index in [4.69, 9.17) is 4.42 Å². The van der Waals surface area contributed by atoms with Crippen LogP contribution in [0.4, 0.5) is 0 Å². The SMILES string of the molecule is CC(NC1CCCC1S(C)(=O)=O)c1ccco1. The van der Waals surface area contributed by atoms with Crippen molar-refractivity contribution in [2.75, 3.05) is 6.26 Å². The Bertz CT molecular complexity index is 452. The van der Waals surface area contributed by atoms with Crippen LogP contribution in [0.25, 0.3) is 0 Å². The Labute approximate surface area is 102 Å². The Morgan fingerprint density at radius 1 is 1.47 bits per heavy atom. The van der Waals surface area contributed by atoms with Gasteiger partial charge in [0, 0.05) is 12.3 Å². The molecule has 3 atom stereocenters. The van der Waals surface area contributed by atoms with Crippen molar-refractivity contribution in [2.24, 2.45) is 0 Å². The fourth-order valence-corrected chi connectivity index (χ4v) is 3.98. The second kappa shape index (κ2) is 4.82. The summed E-state index contributed by atoms with van der Waals surface area (Å²) >= 11 is 0. The van der Waals surface area contributed by atoms with Gasteiger partial charge in [-0.1, -0.05) is 6.42 Å². The predicted molar refractivity (Wildman–Crippen MR) is 66.5 cm³/mol. The molecule has 0 aliphatic heterocycles. The minimum Gasteiger partial charge on any atom is -0.468 e. The molecule has 5 heteroatoms. The highest BCUT2D eigenvalue weighted by Crippen LogP contribution is 2.27. The summed E-state index contributed by atoms with van der Waals surface area (Å²) < 4.78 is 28.6. The molecule has 1 aromatic heterocycles. The molecule has 3 unspecified atom stereocenters. The van der Waals surface area contributed by atoms with E-state index in [9.17, 15) is 8.42 Å². The molecule has 0 radical (unpaired) electrons. The van der Waals surface area contributed by atoms with Crippen molar-refractivity contribution >= 4 is 9.84 Å². The van der Waals surface area contributed by atoms with Gasteiger partial charge in [-0.25, -0.2) is 8.42 Å². The van der Waals surface area contributed by atoms with E-state index in [-0.39, 0.29) is 17.3 Å². The molecule has 0 amide bonds. The number of rotatable bonds is 4. The quantitative estimate of drug-likeness (QED) is 0.895. The summed E-state index contributed by atoms with van der Waals surface area (Å²) in [5, 5.41) is 3.11. The van der Waals surface area contributed by atoms with Crippen LogP contribution in [0.3, 0.4) is 0 Å². The molecule has 17 heavy (non-hydrogen) atoms. The summed E-state index contributed by atoms with van der Waals surface area (Å²) in [5.41, 5.74) is 0. The Hall–Kier alpha value is -0.810. The van der Waals surface area contributed by atoms with E-state index in [0.29, 0.717) is 0 Å². The third-order valence-corrected chi connectivity index (χ3v) is 5.10. The van der Waals surface area contributed by atoms with Gasteiger partial charge >= 0.3 is 0 Å². The summed E-state index contributed by atoms with van der Waals surface area (Å²) in [6.07, 6.45) is 5.62. The lowest BCUT2D eigenvalue weighted by Gasteiger charge is -2.22. The monoisotopic (exact) mass is 257 g/mol. The van der Waals surface area contributed by atoms with Gasteiger partial charge in [0.15, 0.2) is 9.84 Å². The van der Waals surface area contributed by atoms with Crippen molar-refractivity contribution in [1.29, 1.82) is 0 Å². The standard InChI is InChI=1S/C12H19NO3S/c1-9(11-6-4-8-16-11)13-10-5-3-7-12(10)17(2,14)15/h4,6,8-10,12-13H,3,5,7H2,1-2H3. The number of hydrogen-bond donors (Lipinski definition) is 1. The minimum absolute atomic E-state index is 0.0464. The first-order valence-electron chi connectivity index (χ1n) is 5.97. The van der Waals surface area contributed by atoms with E-state index in [0.717, 1.165) is 25.0 Å². The van der Waals surface area contributed by atoms with Crippen LogP contribution in [-0.4, -0.2) is 26.0 Å². The fourth-order valence-electron chi connectivity index (χ4n) is 2.57. The van der Waals surface area contributed by atoms with Crippen LogP contribution in [0.5, 0.6) is 0 Å². The Morgan fingerprint density at radius 3 is 2.82 bits per heavy atom. The molecular weight excluding hydrogens is 238 g/mol. The van der Waals surface area contributed by atoms with Gasteiger partial charge in [-0.15, -0.1) is 0 Å². The Morgan fingerprint density at radius 2 is 2.24 bits per heavy atom. The molecule has 0 saturated heterocycles. The van der Waals surface area contributed by atoms with E-state index in [1.807, 2.05) is 19.1 Å². The van der Waals surface area contributed by atoms with Crippen molar-refractivity contribution in [1.82, 2.24) is 5.32 Å². The van der Waals surface area contributed by atoms with E-state index in [1.165, 1.54) is 6.26 Å². The van der Waals surface area contributed by atoms with Gasteiger partial charge in [-0.05, 0) is 31.9 Å². The summed E-state index contributed by atoms with van der Waals surface area (Å²) in [6.45, 7) is 2.00. The average Bonchev–Trinajstić information content (AvgIpc) is 2.85. The molecule has 1 N–H and O–H groups in total. The Balaban J connectivity index is 2.04. The van der Waals surface area contributed by atoms with Crippen LogP contribution in [0, 0.1) is 0 Å². The van der Waals surface area contributed by atoms with Crippen LogP contribution in [-0.2, 0) is 9.84 Å². The zero-order chi connectivity index (χ0) is 12.5. The highest BCUT2D eigenvalue weighted by Gasteiger charge is 2.35. The first kappa shape index (κ1) is 12.6. The number of hydrogen-bond acceptors (Lipinski definition) is 4. The molecule has 2 rings (SSSR count). The van der Waals surface area contributed by atoms with Crippen LogP contribution >= 0.6 is 0 Å². The van der Waals surface area contributed by atoms with Crippen molar-refractivity contribution in [3.8, 4) is 0 Å². The first-order valence-corrected chi connectivity index (χ1v) is 7.92. The number of furan rings is 1. The van der Waals surface area contributed by atoms with Gasteiger partial charge < -0.3 is 9.73 Å². The van der Waals surface area contributed by atoms with E-state index in [2.05, 4.69) is 5.32 Å². The van der Waals surface area contributed by atoms with Crippen molar-refractivity contribution in [3.63, 3.8) is 0 Å². The van der Waals surface area contributed by atoms with Crippen LogP contribution < -0.4 is 5.32 Å². The summed E-state index contributed by atoms with van der Waals surface area (Å²) in [5.74, 6) is 0.851. The maximum atomic E-state index is 11.6. The van der Waals surface area contributed by atoms with Gasteiger partial charge in [-0.3, -0.25) is 0 Å². The van der Waals surface area contributed by atoms with Gasteiger partial charge in [-0.2, -0.15) is 0 Å². The summed E-state index contributed by atoms with van der Waals surface area (Å²) in [7, 11) is -2.96. The van der Waals surface area contributed by atoms with Gasteiger partial charge in [0.05, 0.1) is 17.6 Å². The first-order chi connectivity index (χ1) is 7.98. The maximum absolute atomic E-state index is 11.6. The molecular formula is C12H19NO3S. The smallest absolute Gasteiger partial charge is 0.151 e. The molecule has 1 heterocycles. The van der Waals surface area contributed by atoms with Crippen molar-refractivity contribution < 1.29 is 12.8 Å². The fraction of sp³-hybridized carbons (Fsp3) is 0.667. The molecule has 1 saturated carbocycles. The molecule has 0 aromatic carbocycles. The molecule has 1 fully saturated rings. The molecule has 0 bridgehead atoms. The zero-order valence-corrected chi connectivity index (χ0v) is 11.0. The molecule has 1 aromatic rings. The van der Waals surface area contributed by atoms with Gasteiger partial charge in [0.1, 0.15) is 5.76 Å². The summed E-state index contributed by atoms with van der Waals surface area (Å²) in [6, 6.07) is 3.85. The number of sulfone groups is 1. The van der Waals surface area contributed by atoms with E-state index in [1.54, 1.807) is 6.26 Å². The average molecular weight is 257 g/mol. The molecule has 1 aliphatic rings. The normalized spacial score (nSPS) is 27.2. The van der Waals surface area contributed by atoms with Crippen LogP contribution in [0.1, 0.15) is 38.0 Å². The largest absolute Gasteiger partial charge is 0.468 e. The highest BCUT2D eigenvalue weighted by atomic mass is 32.2. The third-order valence-electron chi connectivity index (χ3n) is 3.44. The lowest BCUT2D eigenvalue weighted by molar-refractivity contribution is 0.389. The van der Waals surface area contributed by atoms with Crippen LogP contribution in [0.15, 0.2) is 22.8 Å². The molecule has 96 valence electrons. The van der Waals surface area contributed by atoms with Crippen molar-refractivity contribution in [3.05, 3.63) is 24.2 Å². The van der Waals surface area contributed by atoms with Crippen LogP contribution in [0.2, 0.25) is 0 Å². The topological polar surface area (TPSA) is 59.3 Å². The van der Waals surface area contributed by atoms with E-state index >= 15 is 0 Å². The lowest BCUT2D eigenvalue weighted by Crippen LogP contribution is -2.41. The van der Waals surface area contributed by atoms with Gasteiger partial charge in [0.2, 0.25) is 0 Å². The second-order valence-electron chi connectivity index (χ2n) is 4.81. The third kappa shape index (κ3) is 2.90. The number of nitrogens with one attached hydrogen (secondary N) is 1. The maximum Gasteiger partial charge on any atom is 0.151 e. The van der Waals surface area contributed by atoms with Crippen molar-refractivity contribution in [2.45, 2.75) is 43.5 Å². The summed E-state index contributed by atoms with van der Waals surface area (Å²) in [4.78, 5) is 0. The molecule has 4 nitrogen and oxygen atoms in total. The minimum atomic E-state index is -2.96. The Kier molecular flexibility index (Phi) is 3.58. The molecule has 1 aliphatic carbocycles. The second-order valence-corrected chi connectivity index (χ2v) is 7.07. The van der Waals surface area contributed by atoms with Gasteiger partial charge in [0.25, 0.3) is 0 Å². The highest BCUT2D eigenvalue weighted by molar-refractivity contribution is 7.91. The van der Waals surface area contributed by atoms with E-state index < -0.39 is 9.84 Å². The molecule has 0 spiro atoms. The predicted octanol–water partition coefficient (Wildman–Crippen LogP) is 1.90. The zero-order valence-electron chi connectivity index (χ0n) is 10.2. The lowest BCUT2D eigenvalue weighted by atomic mass is 10.2.